The molecule has 1 heterocycles. The number of nitrogens with one attached hydrogen (secondary N) is 1. The van der Waals surface area contributed by atoms with Gasteiger partial charge in [-0.1, -0.05) is 6.92 Å². The molecule has 0 aliphatic carbocycles. The van der Waals surface area contributed by atoms with Crippen LogP contribution >= 0.6 is 0 Å². The predicted molar refractivity (Wildman–Crippen MR) is 50.2 cm³/mol. The summed E-state index contributed by atoms with van der Waals surface area (Å²) >= 11 is 0. The van der Waals surface area contributed by atoms with Gasteiger partial charge < -0.3 is 5.11 Å². The number of aliphatic hydroxyl groups excluding tert-OH is 1. The average Bonchev–Trinajstić information content (AvgIpc) is 2.18. The molecule has 1 radical (unpaired) electrons. The van der Waals surface area contributed by atoms with Gasteiger partial charge in [-0.15, -0.1) is 0 Å². The summed E-state index contributed by atoms with van der Waals surface area (Å²) in [5.41, 5.74) is 7.22. The van der Waals surface area contributed by atoms with E-state index in [1.165, 1.54) is 6.20 Å². The number of nitrogens with zero attached hydrogens (tertiary/aromatic N) is 1. The maximum Gasteiger partial charge on any atom is 0.275 e. The summed E-state index contributed by atoms with van der Waals surface area (Å²) < 4.78 is 1.55. The van der Waals surface area contributed by atoms with Gasteiger partial charge in [-0.3, -0.25) is 10.5 Å². The van der Waals surface area contributed by atoms with E-state index in [-0.39, 0.29) is 0 Å². The normalized spacial score (nSPS) is 12.4. The predicted octanol–water partition coefficient (Wildman–Crippen LogP) is 0.688. The molecule has 0 saturated carbocycles. The van der Waals surface area contributed by atoms with E-state index in [1.54, 1.807) is 22.9 Å². The van der Waals surface area contributed by atoms with Crippen molar-refractivity contribution in [3.63, 3.8) is 0 Å². The zero-order valence-corrected chi connectivity index (χ0v) is 8.10. The first-order valence-corrected chi connectivity index (χ1v) is 4.60. The lowest BCUT2D eigenvalue weighted by Crippen LogP contribution is -2.39. The number of pyridine rings is 1. The number of carbonyl (C=O) groups excluding carboxylic acids is 1. The van der Waals surface area contributed by atoms with Gasteiger partial charge in [-0.2, -0.15) is 4.57 Å². The van der Waals surface area contributed by atoms with Crippen molar-refractivity contribution in [2.24, 2.45) is 0 Å². The van der Waals surface area contributed by atoms with Crippen LogP contribution in [0.4, 0.5) is 0 Å². The molecule has 0 fully saturated rings. The summed E-state index contributed by atoms with van der Waals surface area (Å²) in [5.74, 6) is -0.733. The second kappa shape index (κ2) is 4.72. The summed E-state index contributed by atoms with van der Waals surface area (Å²) in [5, 5.41) is 9.62. The Morgan fingerprint density at radius 1 is 1.71 bits per heavy atom. The Labute approximate surface area is 83.0 Å². The molecule has 0 bridgehead atoms. The Kier molecular flexibility index (Phi) is 3.59. The molecule has 1 atom stereocenters. The summed E-state index contributed by atoms with van der Waals surface area (Å²) in [6.07, 6.45) is 4.08. The molecule has 1 rings (SSSR count). The van der Waals surface area contributed by atoms with E-state index in [9.17, 15) is 9.90 Å². The van der Waals surface area contributed by atoms with Crippen LogP contribution in [-0.4, -0.2) is 11.0 Å². The summed E-state index contributed by atoms with van der Waals surface area (Å²) in [4.78, 5) is 10.7. The van der Waals surface area contributed by atoms with Gasteiger partial charge >= 0.3 is 0 Å². The van der Waals surface area contributed by atoms with E-state index in [1.807, 2.05) is 6.92 Å². The highest BCUT2D eigenvalue weighted by Crippen LogP contribution is 2.02. The molecule has 0 spiro atoms. The maximum atomic E-state index is 10.7. The van der Waals surface area contributed by atoms with Crippen molar-refractivity contribution in [2.45, 2.75) is 26.0 Å². The van der Waals surface area contributed by atoms with Crippen molar-refractivity contribution in [1.29, 1.82) is 0 Å². The fraction of sp³-hybridized carbons (Fsp3) is 0.400. The number of aromatic nitrogens is 1. The topological polar surface area (TPSA) is 65.0 Å². The Bertz CT molecular complexity index is 326. The van der Waals surface area contributed by atoms with Gasteiger partial charge in [0.1, 0.15) is 5.56 Å². The van der Waals surface area contributed by atoms with Gasteiger partial charge in [-0.05, 0) is 12.5 Å². The molecule has 0 saturated heterocycles. The minimum atomic E-state index is -0.733. The largest absolute Gasteiger partial charge is 0.337 e. The first-order chi connectivity index (χ1) is 6.65. The van der Waals surface area contributed by atoms with Crippen LogP contribution in [0.5, 0.6) is 0 Å². The standard InChI is InChI=1S/C10H14N2O2/c1-2-4-9(13)12-6-3-5-8(7-12)10(11)14/h3,5-7,9,11,13H,2,4H2,1H3/q+1. The van der Waals surface area contributed by atoms with Crippen molar-refractivity contribution >= 4 is 5.91 Å². The lowest BCUT2D eigenvalue weighted by molar-refractivity contribution is -0.760. The van der Waals surface area contributed by atoms with Crippen molar-refractivity contribution in [2.75, 3.05) is 0 Å². The lowest BCUT2D eigenvalue weighted by Gasteiger charge is -2.04. The molecule has 2 N–H and O–H groups in total. The third kappa shape index (κ3) is 2.53. The number of amides is 1. The van der Waals surface area contributed by atoms with Crippen molar-refractivity contribution in [3.05, 3.63) is 30.1 Å². The zero-order valence-electron chi connectivity index (χ0n) is 8.10. The minimum absolute atomic E-state index is 0.294. The third-order valence-electron chi connectivity index (χ3n) is 1.98. The summed E-state index contributed by atoms with van der Waals surface area (Å²) in [6.45, 7) is 1.98. The van der Waals surface area contributed by atoms with E-state index in [0.717, 1.165) is 6.42 Å². The van der Waals surface area contributed by atoms with Crippen LogP contribution < -0.4 is 10.3 Å². The first-order valence-electron chi connectivity index (χ1n) is 4.60. The summed E-state index contributed by atoms with van der Waals surface area (Å²) in [6, 6.07) is 3.21. The second-order valence-electron chi connectivity index (χ2n) is 3.14. The van der Waals surface area contributed by atoms with Gasteiger partial charge in [0.15, 0.2) is 12.4 Å². The fourth-order valence-corrected chi connectivity index (χ4v) is 1.22. The molecule has 0 aliphatic heterocycles. The van der Waals surface area contributed by atoms with E-state index < -0.39 is 12.1 Å². The SMILES string of the molecule is CCCC(O)[n+]1cccc(C([NH])=O)c1. The average molecular weight is 194 g/mol. The first kappa shape index (κ1) is 10.7. The van der Waals surface area contributed by atoms with Gasteiger partial charge in [-0.25, -0.2) is 0 Å². The van der Waals surface area contributed by atoms with Crippen LogP contribution in [0, 0.1) is 0 Å². The van der Waals surface area contributed by atoms with Crippen LogP contribution in [0.1, 0.15) is 36.4 Å². The van der Waals surface area contributed by atoms with Gasteiger partial charge in [0.25, 0.3) is 12.1 Å². The molecule has 1 amide bonds. The van der Waals surface area contributed by atoms with Crippen LogP contribution in [0.2, 0.25) is 0 Å². The number of rotatable bonds is 4. The highest BCUT2D eigenvalue weighted by Gasteiger charge is 2.14. The number of hydrogen-bond acceptors (Lipinski definition) is 2. The molecule has 4 heteroatoms. The Balaban J connectivity index is 2.87. The molecule has 14 heavy (non-hydrogen) atoms. The van der Waals surface area contributed by atoms with E-state index >= 15 is 0 Å². The molecule has 4 nitrogen and oxygen atoms in total. The molecule has 1 unspecified atom stereocenters. The zero-order chi connectivity index (χ0) is 10.6. The maximum absolute atomic E-state index is 10.7. The van der Waals surface area contributed by atoms with Crippen molar-refractivity contribution < 1.29 is 14.5 Å². The van der Waals surface area contributed by atoms with Crippen LogP contribution in [0.3, 0.4) is 0 Å². The number of hydrogen-bond donors (Lipinski definition) is 1. The van der Waals surface area contributed by atoms with Crippen molar-refractivity contribution in [1.82, 2.24) is 5.73 Å². The highest BCUT2D eigenvalue weighted by atomic mass is 16.3. The molecule has 0 aromatic carbocycles. The smallest absolute Gasteiger partial charge is 0.275 e. The Morgan fingerprint density at radius 3 is 3.00 bits per heavy atom. The van der Waals surface area contributed by atoms with Crippen LogP contribution in [-0.2, 0) is 0 Å². The monoisotopic (exact) mass is 194 g/mol. The van der Waals surface area contributed by atoms with Crippen LogP contribution in [0.25, 0.3) is 0 Å². The second-order valence-corrected chi connectivity index (χ2v) is 3.14. The molecule has 1 aromatic heterocycles. The fourth-order valence-electron chi connectivity index (χ4n) is 1.22. The lowest BCUT2D eigenvalue weighted by atomic mass is 10.2. The minimum Gasteiger partial charge on any atom is -0.337 e. The Hall–Kier alpha value is -1.42. The quantitative estimate of drug-likeness (QED) is 0.716. The van der Waals surface area contributed by atoms with Gasteiger partial charge in [0, 0.05) is 12.5 Å². The molecule has 75 valence electrons. The van der Waals surface area contributed by atoms with Crippen LogP contribution in [0.15, 0.2) is 24.5 Å². The molecular weight excluding hydrogens is 180 g/mol. The van der Waals surface area contributed by atoms with E-state index in [4.69, 9.17) is 5.73 Å². The molecule has 0 aliphatic rings. The van der Waals surface area contributed by atoms with Gasteiger partial charge in [0.05, 0.1) is 0 Å². The Morgan fingerprint density at radius 2 is 2.43 bits per heavy atom. The van der Waals surface area contributed by atoms with E-state index in [2.05, 4.69) is 0 Å². The summed E-state index contributed by atoms with van der Waals surface area (Å²) in [7, 11) is 0. The number of carbonyl (C=O) groups is 1. The molecular formula is C10H14N2O2+. The van der Waals surface area contributed by atoms with E-state index in [0.29, 0.717) is 12.0 Å². The molecule has 1 aromatic rings. The van der Waals surface area contributed by atoms with Gasteiger partial charge in [0.2, 0.25) is 0 Å². The van der Waals surface area contributed by atoms with Crippen molar-refractivity contribution in [3.8, 4) is 0 Å². The highest BCUT2D eigenvalue weighted by molar-refractivity contribution is 5.91. The third-order valence-corrected chi connectivity index (χ3v) is 1.98. The number of aliphatic hydroxyl groups is 1.